The smallest absolute Gasteiger partial charge is 0.227 e. The predicted molar refractivity (Wildman–Crippen MR) is 119 cm³/mol. The first-order chi connectivity index (χ1) is 15.5. The van der Waals surface area contributed by atoms with E-state index < -0.39 is 0 Å². The third-order valence-corrected chi connectivity index (χ3v) is 5.29. The Hall–Kier alpha value is -3.59. The molecule has 4 rings (SSSR count). The van der Waals surface area contributed by atoms with Gasteiger partial charge in [0.25, 0.3) is 0 Å². The molecule has 0 radical (unpaired) electrons. The molecule has 9 nitrogen and oxygen atoms in total. The van der Waals surface area contributed by atoms with E-state index in [1.807, 2.05) is 48.2 Å². The Morgan fingerprint density at radius 3 is 2.81 bits per heavy atom. The minimum Gasteiger partial charge on any atom is -0.497 e. The predicted octanol–water partition coefficient (Wildman–Crippen LogP) is 2.15. The van der Waals surface area contributed by atoms with Crippen molar-refractivity contribution in [3.8, 4) is 16.9 Å². The summed E-state index contributed by atoms with van der Waals surface area (Å²) in [7, 11) is 5.39. The summed E-state index contributed by atoms with van der Waals surface area (Å²) in [5.74, 6) is 1.35. The number of nitrogens with zero attached hydrogens (tertiary/aromatic N) is 6. The Balaban J connectivity index is 1.58. The standard InChI is InChI=1S/C23H26N6O3/c1-28(2)23-26-13-19(17-11-24-15-25-12-17)22(27-23)20-14-29(7-8-32-20)21(30)10-16-5-4-6-18(9-16)31-3/h4-6,9,11-13,15,20H,7-8,10,14H2,1-3H3. The summed E-state index contributed by atoms with van der Waals surface area (Å²) < 4.78 is 11.3. The molecule has 166 valence electrons. The summed E-state index contributed by atoms with van der Waals surface area (Å²) >= 11 is 0. The van der Waals surface area contributed by atoms with E-state index in [4.69, 9.17) is 14.5 Å². The van der Waals surface area contributed by atoms with Crippen LogP contribution in [0.3, 0.4) is 0 Å². The maximum atomic E-state index is 13.0. The van der Waals surface area contributed by atoms with Crippen molar-refractivity contribution in [2.45, 2.75) is 12.5 Å². The Morgan fingerprint density at radius 2 is 2.06 bits per heavy atom. The summed E-state index contributed by atoms with van der Waals surface area (Å²) in [4.78, 5) is 34.1. The number of hydrogen-bond acceptors (Lipinski definition) is 8. The minimum absolute atomic E-state index is 0.0398. The van der Waals surface area contributed by atoms with Gasteiger partial charge in [-0.3, -0.25) is 4.79 Å². The first kappa shape index (κ1) is 21.6. The van der Waals surface area contributed by atoms with Crippen molar-refractivity contribution in [3.05, 3.63) is 60.4 Å². The lowest BCUT2D eigenvalue weighted by Gasteiger charge is -2.33. The average Bonchev–Trinajstić information content (AvgIpc) is 2.84. The molecule has 3 heterocycles. The summed E-state index contributed by atoms with van der Waals surface area (Å²) in [5, 5.41) is 0. The van der Waals surface area contributed by atoms with E-state index in [-0.39, 0.29) is 12.0 Å². The lowest BCUT2D eigenvalue weighted by atomic mass is 10.0. The summed E-state index contributed by atoms with van der Waals surface area (Å²) in [6, 6.07) is 7.57. The molecule has 1 atom stereocenters. The Labute approximate surface area is 187 Å². The van der Waals surface area contributed by atoms with Gasteiger partial charge in [-0.15, -0.1) is 0 Å². The molecule has 1 aliphatic rings. The molecule has 1 saturated heterocycles. The second-order valence-electron chi connectivity index (χ2n) is 7.72. The number of carbonyl (C=O) groups is 1. The SMILES string of the molecule is COc1cccc(CC(=O)N2CCOC(c3nc(N(C)C)ncc3-c3cncnc3)C2)c1. The molecule has 0 spiro atoms. The van der Waals surface area contributed by atoms with E-state index in [1.54, 1.807) is 25.7 Å². The highest BCUT2D eigenvalue weighted by Gasteiger charge is 2.29. The summed E-state index contributed by atoms with van der Waals surface area (Å²) in [5.41, 5.74) is 3.23. The maximum Gasteiger partial charge on any atom is 0.227 e. The Morgan fingerprint density at radius 1 is 1.25 bits per heavy atom. The molecular weight excluding hydrogens is 408 g/mol. The third kappa shape index (κ3) is 4.83. The van der Waals surface area contributed by atoms with Crippen molar-refractivity contribution in [3.63, 3.8) is 0 Å². The van der Waals surface area contributed by atoms with Gasteiger partial charge in [-0.05, 0) is 17.7 Å². The van der Waals surface area contributed by atoms with Gasteiger partial charge in [0.1, 0.15) is 18.2 Å². The highest BCUT2D eigenvalue weighted by molar-refractivity contribution is 5.79. The molecule has 9 heteroatoms. The summed E-state index contributed by atoms with van der Waals surface area (Å²) in [6.45, 7) is 1.38. The highest BCUT2D eigenvalue weighted by Crippen LogP contribution is 2.31. The van der Waals surface area contributed by atoms with E-state index in [9.17, 15) is 4.79 Å². The van der Waals surface area contributed by atoms with E-state index in [2.05, 4.69) is 15.0 Å². The Bertz CT molecular complexity index is 1080. The number of aromatic nitrogens is 4. The van der Waals surface area contributed by atoms with E-state index >= 15 is 0 Å². The van der Waals surface area contributed by atoms with Gasteiger partial charge < -0.3 is 19.3 Å². The van der Waals surface area contributed by atoms with Crippen LogP contribution in [0.5, 0.6) is 5.75 Å². The molecule has 0 saturated carbocycles. The molecule has 1 aliphatic heterocycles. The molecular formula is C23H26N6O3. The number of amides is 1. The van der Waals surface area contributed by atoms with Gasteiger partial charge in [0.15, 0.2) is 0 Å². The third-order valence-electron chi connectivity index (χ3n) is 5.29. The molecule has 0 bridgehead atoms. The number of carbonyl (C=O) groups excluding carboxylic acids is 1. The zero-order valence-corrected chi connectivity index (χ0v) is 18.4. The number of hydrogen-bond donors (Lipinski definition) is 0. The van der Waals surface area contributed by atoms with E-state index in [1.165, 1.54) is 6.33 Å². The zero-order valence-electron chi connectivity index (χ0n) is 18.4. The van der Waals surface area contributed by atoms with Gasteiger partial charge >= 0.3 is 0 Å². The first-order valence-corrected chi connectivity index (χ1v) is 10.4. The van der Waals surface area contributed by atoms with Crippen LogP contribution in [-0.2, 0) is 16.0 Å². The fraction of sp³-hybridized carbons (Fsp3) is 0.348. The second kappa shape index (κ2) is 9.69. The number of anilines is 1. The molecule has 32 heavy (non-hydrogen) atoms. The van der Waals surface area contributed by atoms with Crippen LogP contribution in [0.15, 0.2) is 49.2 Å². The maximum absolute atomic E-state index is 13.0. The number of ether oxygens (including phenoxy) is 2. The lowest BCUT2D eigenvalue weighted by Crippen LogP contribution is -2.43. The van der Waals surface area contributed by atoms with Gasteiger partial charge in [-0.1, -0.05) is 12.1 Å². The number of rotatable bonds is 6. The van der Waals surface area contributed by atoms with Gasteiger partial charge in [0.2, 0.25) is 11.9 Å². The van der Waals surface area contributed by atoms with Crippen LogP contribution in [0.4, 0.5) is 5.95 Å². The van der Waals surface area contributed by atoms with Crippen LogP contribution in [0.2, 0.25) is 0 Å². The Kier molecular flexibility index (Phi) is 6.55. The van der Waals surface area contributed by atoms with Gasteiger partial charge in [-0.25, -0.2) is 19.9 Å². The van der Waals surface area contributed by atoms with Crippen molar-refractivity contribution >= 4 is 11.9 Å². The molecule has 2 aromatic heterocycles. The first-order valence-electron chi connectivity index (χ1n) is 10.4. The van der Waals surface area contributed by atoms with Crippen LogP contribution in [0.25, 0.3) is 11.1 Å². The molecule has 1 amide bonds. The zero-order chi connectivity index (χ0) is 22.5. The quantitative estimate of drug-likeness (QED) is 0.583. The van der Waals surface area contributed by atoms with Crippen LogP contribution in [0.1, 0.15) is 17.4 Å². The van der Waals surface area contributed by atoms with Crippen molar-refractivity contribution in [2.24, 2.45) is 0 Å². The van der Waals surface area contributed by atoms with Gasteiger partial charge in [0.05, 0.1) is 32.4 Å². The molecule has 3 aromatic rings. The summed E-state index contributed by atoms with van der Waals surface area (Å²) in [6.07, 6.45) is 6.61. The van der Waals surface area contributed by atoms with Crippen molar-refractivity contribution in [1.82, 2.24) is 24.8 Å². The topological polar surface area (TPSA) is 93.6 Å². The molecule has 0 aliphatic carbocycles. The monoisotopic (exact) mass is 434 g/mol. The molecule has 1 unspecified atom stereocenters. The van der Waals surface area contributed by atoms with Gasteiger partial charge in [-0.2, -0.15) is 0 Å². The average molecular weight is 435 g/mol. The fourth-order valence-corrected chi connectivity index (χ4v) is 3.62. The van der Waals surface area contributed by atoms with Crippen LogP contribution < -0.4 is 9.64 Å². The normalized spacial score (nSPS) is 16.0. The second-order valence-corrected chi connectivity index (χ2v) is 7.72. The van der Waals surface area contributed by atoms with E-state index in [0.29, 0.717) is 32.1 Å². The molecule has 0 N–H and O–H groups in total. The van der Waals surface area contributed by atoms with Crippen molar-refractivity contribution in [1.29, 1.82) is 0 Å². The lowest BCUT2D eigenvalue weighted by molar-refractivity contribution is -0.138. The largest absolute Gasteiger partial charge is 0.497 e. The molecule has 1 aromatic carbocycles. The number of morpholine rings is 1. The van der Waals surface area contributed by atoms with Crippen molar-refractivity contribution in [2.75, 3.05) is 45.8 Å². The highest BCUT2D eigenvalue weighted by atomic mass is 16.5. The van der Waals surface area contributed by atoms with Crippen LogP contribution >= 0.6 is 0 Å². The van der Waals surface area contributed by atoms with Crippen LogP contribution in [-0.4, -0.2) is 71.6 Å². The van der Waals surface area contributed by atoms with Crippen LogP contribution in [0, 0.1) is 0 Å². The van der Waals surface area contributed by atoms with Gasteiger partial charge in [0, 0.05) is 50.4 Å². The minimum atomic E-state index is -0.380. The van der Waals surface area contributed by atoms with Crippen molar-refractivity contribution < 1.29 is 14.3 Å². The number of methoxy groups -OCH3 is 1. The van der Waals surface area contributed by atoms with E-state index in [0.717, 1.165) is 28.1 Å². The fourth-order valence-electron chi connectivity index (χ4n) is 3.62. The molecule has 1 fully saturated rings. The number of benzene rings is 1.